The standard InChI is InChI=1S/C22H23N3O6/c1-15(26)23-18-8-6-16(7-9-18)21(27)14-31-22(28)17-10-12-24(13-11-17)19-4-2-3-5-20(19)25(29)30/h2-9,17H,10-14H2,1H3,(H,23,26). The summed E-state index contributed by atoms with van der Waals surface area (Å²) in [6.07, 6.45) is 0.981. The quantitative estimate of drug-likeness (QED) is 0.313. The normalized spacial score (nSPS) is 14.0. The Kier molecular flexibility index (Phi) is 6.96. The van der Waals surface area contributed by atoms with Crippen molar-refractivity contribution in [3.8, 4) is 0 Å². The van der Waals surface area contributed by atoms with E-state index in [9.17, 15) is 24.5 Å². The maximum absolute atomic E-state index is 12.4. The van der Waals surface area contributed by atoms with Gasteiger partial charge in [-0.1, -0.05) is 12.1 Å². The predicted octanol–water partition coefficient (Wildman–Crippen LogP) is 3.20. The predicted molar refractivity (Wildman–Crippen MR) is 114 cm³/mol. The maximum Gasteiger partial charge on any atom is 0.309 e. The Balaban J connectivity index is 1.50. The van der Waals surface area contributed by atoms with E-state index in [1.807, 2.05) is 4.90 Å². The van der Waals surface area contributed by atoms with E-state index < -0.39 is 10.9 Å². The van der Waals surface area contributed by atoms with Crippen LogP contribution in [-0.2, 0) is 14.3 Å². The highest BCUT2D eigenvalue weighted by atomic mass is 16.6. The van der Waals surface area contributed by atoms with Gasteiger partial charge in [0.2, 0.25) is 5.91 Å². The van der Waals surface area contributed by atoms with Gasteiger partial charge < -0.3 is 15.0 Å². The van der Waals surface area contributed by atoms with E-state index in [4.69, 9.17) is 4.74 Å². The summed E-state index contributed by atoms with van der Waals surface area (Å²) in [4.78, 5) is 48.4. The second kappa shape index (κ2) is 9.84. The Labute approximate surface area is 179 Å². The monoisotopic (exact) mass is 425 g/mol. The van der Waals surface area contributed by atoms with Crippen LogP contribution in [0.3, 0.4) is 0 Å². The molecule has 0 saturated carbocycles. The molecule has 0 spiro atoms. The minimum atomic E-state index is -0.439. The van der Waals surface area contributed by atoms with Crippen molar-refractivity contribution in [2.24, 2.45) is 5.92 Å². The van der Waals surface area contributed by atoms with Crippen LogP contribution >= 0.6 is 0 Å². The Hall–Kier alpha value is -3.75. The summed E-state index contributed by atoms with van der Waals surface area (Å²) in [5, 5.41) is 13.8. The number of nitro groups is 1. The molecule has 0 atom stereocenters. The zero-order valence-electron chi connectivity index (χ0n) is 17.1. The lowest BCUT2D eigenvalue weighted by molar-refractivity contribution is -0.384. The van der Waals surface area contributed by atoms with Crippen LogP contribution in [0.1, 0.15) is 30.1 Å². The molecule has 162 valence electrons. The number of hydrogen-bond donors (Lipinski definition) is 1. The highest BCUT2D eigenvalue weighted by molar-refractivity contribution is 5.98. The van der Waals surface area contributed by atoms with Crippen LogP contribution in [0.4, 0.5) is 17.1 Å². The van der Waals surface area contributed by atoms with Crippen LogP contribution in [0.25, 0.3) is 0 Å². The fraction of sp³-hybridized carbons (Fsp3) is 0.318. The van der Waals surface area contributed by atoms with Crippen molar-refractivity contribution in [2.75, 3.05) is 29.9 Å². The molecule has 9 nitrogen and oxygen atoms in total. The summed E-state index contributed by atoms with van der Waals surface area (Å²) in [6.45, 7) is 2.01. The molecule has 1 amide bonds. The van der Waals surface area contributed by atoms with Gasteiger partial charge in [-0.3, -0.25) is 24.5 Å². The van der Waals surface area contributed by atoms with Gasteiger partial charge in [0.05, 0.1) is 10.8 Å². The van der Waals surface area contributed by atoms with Crippen molar-refractivity contribution in [2.45, 2.75) is 19.8 Å². The number of nitrogens with one attached hydrogen (secondary N) is 1. The average Bonchev–Trinajstić information content (AvgIpc) is 2.77. The van der Waals surface area contributed by atoms with Crippen molar-refractivity contribution in [1.29, 1.82) is 0 Å². The SMILES string of the molecule is CC(=O)Nc1ccc(C(=O)COC(=O)C2CCN(c3ccccc3[N+](=O)[O-])CC2)cc1. The first-order chi connectivity index (χ1) is 14.8. The first-order valence-electron chi connectivity index (χ1n) is 9.91. The molecule has 1 aliphatic heterocycles. The number of piperidine rings is 1. The number of hydrogen-bond acceptors (Lipinski definition) is 7. The lowest BCUT2D eigenvalue weighted by atomic mass is 9.96. The summed E-state index contributed by atoms with van der Waals surface area (Å²) in [5.74, 6) is -1.33. The van der Waals surface area contributed by atoms with Crippen molar-refractivity contribution in [3.05, 3.63) is 64.2 Å². The molecule has 0 radical (unpaired) electrons. The van der Waals surface area contributed by atoms with E-state index in [-0.39, 0.29) is 29.9 Å². The van der Waals surface area contributed by atoms with Gasteiger partial charge in [-0.15, -0.1) is 0 Å². The number of benzene rings is 2. The number of Topliss-reactive ketones (excluding diaryl/α,β-unsaturated/α-hetero) is 1. The summed E-state index contributed by atoms with van der Waals surface area (Å²) >= 11 is 0. The molecule has 1 aliphatic rings. The second-order valence-corrected chi connectivity index (χ2v) is 7.30. The Bertz CT molecular complexity index is 981. The lowest BCUT2D eigenvalue weighted by Crippen LogP contribution is -2.37. The van der Waals surface area contributed by atoms with Gasteiger partial charge >= 0.3 is 5.97 Å². The Morgan fingerprint density at radius 3 is 2.35 bits per heavy atom. The van der Waals surface area contributed by atoms with Crippen LogP contribution < -0.4 is 10.2 Å². The molecule has 9 heteroatoms. The maximum atomic E-state index is 12.4. The number of nitro benzene ring substituents is 1. The average molecular weight is 425 g/mol. The van der Waals surface area contributed by atoms with Gasteiger partial charge in [0, 0.05) is 37.3 Å². The number of ether oxygens (including phenoxy) is 1. The van der Waals surface area contributed by atoms with E-state index in [1.165, 1.54) is 13.0 Å². The molecular formula is C22H23N3O6. The zero-order chi connectivity index (χ0) is 22.4. The molecule has 31 heavy (non-hydrogen) atoms. The van der Waals surface area contributed by atoms with Crippen LogP contribution in [0.15, 0.2) is 48.5 Å². The number of anilines is 2. The van der Waals surface area contributed by atoms with Crippen molar-refractivity contribution in [3.63, 3.8) is 0 Å². The number of nitrogens with zero attached hydrogens (tertiary/aromatic N) is 2. The highest BCUT2D eigenvalue weighted by Gasteiger charge is 2.29. The van der Waals surface area contributed by atoms with E-state index in [0.717, 1.165) is 0 Å². The summed E-state index contributed by atoms with van der Waals surface area (Å²) in [6, 6.07) is 12.9. The minimum Gasteiger partial charge on any atom is -0.457 e. The first-order valence-corrected chi connectivity index (χ1v) is 9.91. The molecule has 1 fully saturated rings. The number of amides is 1. The summed E-state index contributed by atoms with van der Waals surface area (Å²) in [5.41, 5.74) is 1.54. The van der Waals surface area contributed by atoms with Gasteiger partial charge in [-0.2, -0.15) is 0 Å². The molecule has 1 saturated heterocycles. The topological polar surface area (TPSA) is 119 Å². The molecule has 0 bridgehead atoms. The molecular weight excluding hydrogens is 402 g/mol. The van der Waals surface area contributed by atoms with Gasteiger partial charge in [0.15, 0.2) is 12.4 Å². The molecule has 0 unspecified atom stereocenters. The highest BCUT2D eigenvalue weighted by Crippen LogP contribution is 2.31. The van der Waals surface area contributed by atoms with Gasteiger partial charge in [0.1, 0.15) is 5.69 Å². The molecule has 1 heterocycles. The first kappa shape index (κ1) is 21.9. The zero-order valence-corrected chi connectivity index (χ0v) is 17.1. The fourth-order valence-corrected chi connectivity index (χ4v) is 3.52. The Morgan fingerprint density at radius 1 is 1.10 bits per heavy atom. The second-order valence-electron chi connectivity index (χ2n) is 7.30. The lowest BCUT2D eigenvalue weighted by Gasteiger charge is -2.32. The van der Waals surface area contributed by atoms with E-state index in [1.54, 1.807) is 42.5 Å². The number of carbonyl (C=O) groups is 3. The molecule has 3 rings (SSSR count). The van der Waals surface area contributed by atoms with Crippen LogP contribution in [0.5, 0.6) is 0 Å². The van der Waals surface area contributed by atoms with Gasteiger partial charge in [-0.25, -0.2) is 0 Å². The third-order valence-electron chi connectivity index (χ3n) is 5.12. The molecule has 0 aromatic heterocycles. The largest absolute Gasteiger partial charge is 0.457 e. The van der Waals surface area contributed by atoms with E-state index in [0.29, 0.717) is 42.9 Å². The van der Waals surface area contributed by atoms with Crippen molar-refractivity contribution < 1.29 is 24.0 Å². The van der Waals surface area contributed by atoms with Gasteiger partial charge in [0.25, 0.3) is 5.69 Å². The fourth-order valence-electron chi connectivity index (χ4n) is 3.52. The van der Waals surface area contributed by atoms with E-state index in [2.05, 4.69) is 5.32 Å². The molecule has 2 aromatic rings. The molecule has 0 aliphatic carbocycles. The number of rotatable bonds is 7. The van der Waals surface area contributed by atoms with E-state index >= 15 is 0 Å². The van der Waals surface area contributed by atoms with Crippen LogP contribution in [0.2, 0.25) is 0 Å². The third-order valence-corrected chi connectivity index (χ3v) is 5.12. The van der Waals surface area contributed by atoms with Gasteiger partial charge in [-0.05, 0) is 43.2 Å². The summed E-state index contributed by atoms with van der Waals surface area (Å²) in [7, 11) is 0. The number of carbonyl (C=O) groups excluding carboxylic acids is 3. The number of esters is 1. The Morgan fingerprint density at radius 2 is 1.74 bits per heavy atom. The van der Waals surface area contributed by atoms with Crippen molar-refractivity contribution >= 4 is 34.7 Å². The smallest absolute Gasteiger partial charge is 0.309 e. The molecule has 1 N–H and O–H groups in total. The third kappa shape index (κ3) is 5.65. The van der Waals surface area contributed by atoms with Crippen LogP contribution in [0, 0.1) is 16.0 Å². The molecule has 2 aromatic carbocycles. The van der Waals surface area contributed by atoms with Crippen LogP contribution in [-0.4, -0.2) is 42.3 Å². The number of para-hydroxylation sites is 2. The summed E-state index contributed by atoms with van der Waals surface area (Å²) < 4.78 is 5.21. The number of ketones is 1. The minimum absolute atomic E-state index is 0.0404. The van der Waals surface area contributed by atoms with Crippen molar-refractivity contribution in [1.82, 2.24) is 0 Å².